The fourth-order valence-corrected chi connectivity index (χ4v) is 4.48. The normalized spacial score (nSPS) is 30.9. The first-order valence-corrected chi connectivity index (χ1v) is 8.58. The Balaban J connectivity index is 1.68. The Bertz CT molecular complexity index is 902. The second-order valence-corrected chi connectivity index (χ2v) is 7.23. The number of likely N-dealkylation sites (N-methyl/N-ethyl adjacent to an activating group) is 1. The van der Waals surface area contributed by atoms with E-state index in [1.165, 1.54) is 0 Å². The van der Waals surface area contributed by atoms with E-state index in [0.29, 0.717) is 26.1 Å². The summed E-state index contributed by atoms with van der Waals surface area (Å²) in [4.78, 5) is 2.36. The Morgan fingerprint density at radius 1 is 1.00 bits per heavy atom. The minimum absolute atomic E-state index is 0.252. The Morgan fingerprint density at radius 2 is 1.71 bits per heavy atom. The maximum absolute atomic E-state index is 11.5. The predicted molar refractivity (Wildman–Crippen MR) is 93.0 cm³/mol. The predicted octanol–water partition coefficient (Wildman–Crippen LogP) is 3.27. The van der Waals surface area contributed by atoms with Crippen molar-refractivity contribution in [3.05, 3.63) is 48.0 Å². The van der Waals surface area contributed by atoms with E-state index in [2.05, 4.69) is 24.1 Å². The zero-order chi connectivity index (χ0) is 16.3. The molecule has 5 rings (SSSR count). The summed E-state index contributed by atoms with van der Waals surface area (Å²) in [5.41, 5.74) is 1.75. The Hall–Kier alpha value is -1.88. The van der Waals surface area contributed by atoms with Gasteiger partial charge in [-0.3, -0.25) is 4.90 Å². The lowest BCUT2D eigenvalue weighted by Gasteiger charge is -2.50. The standard InChI is InChI=1S/C20H21NO3/c1-21-13-9-20(22,10-14(21)12-23-11-13)17-7-4-6-16-15-5-2-3-8-18(15)24-19(16)17/h2-8,13-14,22H,9-12H2,1H3. The lowest BCUT2D eigenvalue weighted by Crippen LogP contribution is -2.59. The van der Waals surface area contributed by atoms with Crippen LogP contribution < -0.4 is 0 Å². The molecule has 4 heteroatoms. The van der Waals surface area contributed by atoms with E-state index in [1.807, 2.05) is 30.3 Å². The molecule has 2 saturated heterocycles. The molecule has 2 aliphatic heterocycles. The van der Waals surface area contributed by atoms with Crippen LogP contribution in [0.1, 0.15) is 18.4 Å². The third-order valence-corrected chi connectivity index (χ3v) is 5.82. The lowest BCUT2D eigenvalue weighted by atomic mass is 9.76. The first kappa shape index (κ1) is 14.5. The highest BCUT2D eigenvalue weighted by Gasteiger charge is 2.46. The van der Waals surface area contributed by atoms with Crippen molar-refractivity contribution in [1.29, 1.82) is 0 Å². The smallest absolute Gasteiger partial charge is 0.141 e. The molecule has 2 atom stereocenters. The first-order valence-electron chi connectivity index (χ1n) is 8.58. The molecule has 124 valence electrons. The molecule has 0 radical (unpaired) electrons. The summed E-state index contributed by atoms with van der Waals surface area (Å²) in [6.45, 7) is 1.37. The molecule has 2 aromatic carbocycles. The van der Waals surface area contributed by atoms with Crippen molar-refractivity contribution in [1.82, 2.24) is 4.90 Å². The average Bonchev–Trinajstić information content (AvgIpc) is 2.95. The largest absolute Gasteiger partial charge is 0.456 e. The zero-order valence-corrected chi connectivity index (χ0v) is 13.7. The van der Waals surface area contributed by atoms with Crippen LogP contribution in [0, 0.1) is 0 Å². The van der Waals surface area contributed by atoms with Gasteiger partial charge in [-0.25, -0.2) is 0 Å². The van der Waals surface area contributed by atoms with Gasteiger partial charge in [-0.05, 0) is 26.0 Å². The fraction of sp³-hybridized carbons (Fsp3) is 0.400. The molecule has 0 spiro atoms. The van der Waals surface area contributed by atoms with Gasteiger partial charge in [0.05, 0.1) is 18.8 Å². The van der Waals surface area contributed by atoms with E-state index >= 15 is 0 Å². The number of fused-ring (bicyclic) bond motifs is 5. The number of ether oxygens (including phenoxy) is 1. The van der Waals surface area contributed by atoms with Crippen molar-refractivity contribution >= 4 is 21.9 Å². The van der Waals surface area contributed by atoms with Crippen LogP contribution >= 0.6 is 0 Å². The van der Waals surface area contributed by atoms with Gasteiger partial charge in [0.1, 0.15) is 11.2 Å². The summed E-state index contributed by atoms with van der Waals surface area (Å²) < 4.78 is 11.8. The molecule has 24 heavy (non-hydrogen) atoms. The van der Waals surface area contributed by atoms with Crippen LogP contribution in [0.15, 0.2) is 46.9 Å². The van der Waals surface area contributed by atoms with Crippen molar-refractivity contribution in [2.45, 2.75) is 30.5 Å². The number of nitrogens with zero attached hydrogens (tertiary/aromatic N) is 1. The molecule has 0 amide bonds. The number of furan rings is 1. The summed E-state index contributed by atoms with van der Waals surface area (Å²) >= 11 is 0. The zero-order valence-electron chi connectivity index (χ0n) is 13.7. The minimum Gasteiger partial charge on any atom is -0.456 e. The van der Waals surface area contributed by atoms with Crippen LogP contribution in [-0.2, 0) is 10.3 Å². The monoisotopic (exact) mass is 323 g/mol. The van der Waals surface area contributed by atoms with Gasteiger partial charge in [-0.15, -0.1) is 0 Å². The molecule has 0 saturated carbocycles. The van der Waals surface area contributed by atoms with Gasteiger partial charge >= 0.3 is 0 Å². The van der Waals surface area contributed by atoms with Crippen LogP contribution in [0.25, 0.3) is 21.9 Å². The summed E-state index contributed by atoms with van der Waals surface area (Å²) in [5, 5.41) is 13.7. The second kappa shape index (κ2) is 5.06. The fourth-order valence-electron chi connectivity index (χ4n) is 4.48. The first-order chi connectivity index (χ1) is 11.7. The average molecular weight is 323 g/mol. The van der Waals surface area contributed by atoms with E-state index in [9.17, 15) is 5.11 Å². The van der Waals surface area contributed by atoms with Crippen LogP contribution in [-0.4, -0.2) is 42.4 Å². The molecule has 2 unspecified atom stereocenters. The van der Waals surface area contributed by atoms with E-state index in [4.69, 9.17) is 9.15 Å². The molecule has 1 aromatic heterocycles. The quantitative estimate of drug-likeness (QED) is 0.746. The van der Waals surface area contributed by atoms with Crippen molar-refractivity contribution < 1.29 is 14.3 Å². The maximum atomic E-state index is 11.5. The lowest BCUT2D eigenvalue weighted by molar-refractivity contribution is -0.137. The Kier molecular flexibility index (Phi) is 3.05. The number of hydrogen-bond donors (Lipinski definition) is 1. The van der Waals surface area contributed by atoms with Gasteiger partial charge in [-0.2, -0.15) is 0 Å². The van der Waals surface area contributed by atoms with Crippen molar-refractivity contribution in [3.63, 3.8) is 0 Å². The van der Waals surface area contributed by atoms with Gasteiger partial charge in [0, 0.05) is 28.4 Å². The second-order valence-electron chi connectivity index (χ2n) is 7.23. The third-order valence-electron chi connectivity index (χ3n) is 5.82. The maximum Gasteiger partial charge on any atom is 0.141 e. The van der Waals surface area contributed by atoms with Crippen molar-refractivity contribution in [2.75, 3.05) is 20.3 Å². The number of aliphatic hydroxyl groups is 1. The highest BCUT2D eigenvalue weighted by Crippen LogP contribution is 2.44. The number of para-hydroxylation sites is 2. The van der Waals surface area contributed by atoms with Gasteiger partial charge in [0.15, 0.2) is 0 Å². The molecule has 1 N–H and O–H groups in total. The molecule has 2 fully saturated rings. The molecule has 2 bridgehead atoms. The Labute approximate surface area is 140 Å². The van der Waals surface area contributed by atoms with Crippen LogP contribution in [0.3, 0.4) is 0 Å². The van der Waals surface area contributed by atoms with Crippen molar-refractivity contribution in [2.24, 2.45) is 0 Å². The summed E-state index contributed by atoms with van der Waals surface area (Å²) in [6, 6.07) is 14.7. The van der Waals surface area contributed by atoms with E-state index in [1.54, 1.807) is 0 Å². The Morgan fingerprint density at radius 3 is 2.50 bits per heavy atom. The molecule has 3 aromatic rings. The summed E-state index contributed by atoms with van der Waals surface area (Å²) in [7, 11) is 2.14. The van der Waals surface area contributed by atoms with Crippen molar-refractivity contribution in [3.8, 4) is 0 Å². The SMILES string of the molecule is CN1C2COCC1CC(O)(c1cccc3c1oc1ccccc13)C2. The molecular formula is C20H21NO3. The van der Waals surface area contributed by atoms with E-state index in [0.717, 1.165) is 27.5 Å². The molecular weight excluding hydrogens is 302 g/mol. The molecule has 3 heterocycles. The van der Waals surface area contributed by atoms with E-state index in [-0.39, 0.29) is 12.1 Å². The van der Waals surface area contributed by atoms with Gasteiger partial charge in [-0.1, -0.05) is 36.4 Å². The third kappa shape index (κ3) is 1.97. The number of morpholine rings is 1. The number of benzene rings is 2. The molecule has 2 aliphatic rings. The van der Waals surface area contributed by atoms with Gasteiger partial charge < -0.3 is 14.3 Å². The topological polar surface area (TPSA) is 45.8 Å². The van der Waals surface area contributed by atoms with Crippen LogP contribution in [0.4, 0.5) is 0 Å². The van der Waals surface area contributed by atoms with Crippen LogP contribution in [0.5, 0.6) is 0 Å². The van der Waals surface area contributed by atoms with Gasteiger partial charge in [0.2, 0.25) is 0 Å². The highest BCUT2D eigenvalue weighted by molar-refractivity contribution is 6.06. The number of piperidine rings is 1. The summed E-state index contributed by atoms with van der Waals surface area (Å²) in [6.07, 6.45) is 1.35. The molecule has 0 aliphatic carbocycles. The molecule has 4 nitrogen and oxygen atoms in total. The van der Waals surface area contributed by atoms with Crippen LogP contribution in [0.2, 0.25) is 0 Å². The summed E-state index contributed by atoms with van der Waals surface area (Å²) in [5.74, 6) is 0. The van der Waals surface area contributed by atoms with Gasteiger partial charge in [0.25, 0.3) is 0 Å². The highest BCUT2D eigenvalue weighted by atomic mass is 16.5. The van der Waals surface area contributed by atoms with E-state index < -0.39 is 5.60 Å². The number of hydrogen-bond acceptors (Lipinski definition) is 4. The minimum atomic E-state index is -0.862. The number of rotatable bonds is 1.